The first-order chi connectivity index (χ1) is 4.20. The first-order valence-electron chi connectivity index (χ1n) is 2.66. The minimum atomic E-state index is -0.0644. The Morgan fingerprint density at radius 1 is 1.67 bits per heavy atom. The second kappa shape index (κ2) is 3.97. The molecule has 0 bridgehead atoms. The van der Waals surface area contributed by atoms with Crippen LogP contribution < -0.4 is 11.5 Å². The Hall–Kier alpha value is -0.960. The third-order valence-electron chi connectivity index (χ3n) is 0.810. The highest BCUT2D eigenvalue weighted by atomic mass is 16.3. The number of allylic oxidation sites excluding steroid dienone is 1. The summed E-state index contributed by atoms with van der Waals surface area (Å²) in [5, 5.41) is 8.53. The van der Waals surface area contributed by atoms with E-state index in [0.717, 1.165) is 0 Å². The van der Waals surface area contributed by atoms with Crippen LogP contribution in [-0.4, -0.2) is 11.7 Å². The van der Waals surface area contributed by atoms with Gasteiger partial charge in [-0.1, -0.05) is 0 Å². The van der Waals surface area contributed by atoms with Gasteiger partial charge in [0.25, 0.3) is 0 Å². The van der Waals surface area contributed by atoms with Crippen LogP contribution in [0.3, 0.4) is 0 Å². The summed E-state index contributed by atoms with van der Waals surface area (Å²) in [5.74, 6) is 0. The molecule has 0 spiro atoms. The molecule has 0 aromatic heterocycles. The van der Waals surface area contributed by atoms with Crippen molar-refractivity contribution in [2.45, 2.75) is 6.92 Å². The summed E-state index contributed by atoms with van der Waals surface area (Å²) < 4.78 is 0. The van der Waals surface area contributed by atoms with Gasteiger partial charge in [0.05, 0.1) is 6.61 Å². The van der Waals surface area contributed by atoms with Gasteiger partial charge in [-0.25, -0.2) is 0 Å². The zero-order valence-corrected chi connectivity index (χ0v) is 5.46. The normalized spacial score (nSPS) is 14.0. The van der Waals surface area contributed by atoms with Crippen molar-refractivity contribution in [3.05, 3.63) is 23.5 Å². The molecule has 0 aliphatic carbocycles. The minimum Gasteiger partial charge on any atom is -0.404 e. The number of rotatable bonds is 2. The van der Waals surface area contributed by atoms with Gasteiger partial charge in [0.1, 0.15) is 0 Å². The minimum absolute atomic E-state index is 0.0644. The topological polar surface area (TPSA) is 72.3 Å². The van der Waals surface area contributed by atoms with E-state index in [1.807, 2.05) is 0 Å². The number of hydrogen-bond donors (Lipinski definition) is 3. The average molecular weight is 128 g/mol. The van der Waals surface area contributed by atoms with Gasteiger partial charge in [-0.2, -0.15) is 0 Å². The Labute approximate surface area is 54.7 Å². The van der Waals surface area contributed by atoms with Crippen molar-refractivity contribution in [3.63, 3.8) is 0 Å². The van der Waals surface area contributed by atoms with Gasteiger partial charge in [0.2, 0.25) is 0 Å². The summed E-state index contributed by atoms with van der Waals surface area (Å²) in [5.41, 5.74) is 11.7. The first kappa shape index (κ1) is 8.04. The Kier molecular flexibility index (Phi) is 3.55. The van der Waals surface area contributed by atoms with Crippen molar-refractivity contribution in [2.24, 2.45) is 11.5 Å². The highest BCUT2D eigenvalue weighted by Gasteiger charge is 1.86. The van der Waals surface area contributed by atoms with Crippen LogP contribution in [0.25, 0.3) is 0 Å². The van der Waals surface area contributed by atoms with Crippen molar-refractivity contribution in [3.8, 4) is 0 Å². The second-order valence-corrected chi connectivity index (χ2v) is 1.79. The Morgan fingerprint density at radius 3 is 2.33 bits per heavy atom. The fraction of sp³-hybridized carbons (Fsp3) is 0.333. The van der Waals surface area contributed by atoms with Crippen molar-refractivity contribution in [2.75, 3.05) is 6.61 Å². The van der Waals surface area contributed by atoms with Gasteiger partial charge in [-0.15, -0.1) is 0 Å². The summed E-state index contributed by atoms with van der Waals surface area (Å²) in [6.07, 6.45) is 2.95. The van der Waals surface area contributed by atoms with Crippen LogP contribution in [0.1, 0.15) is 6.92 Å². The molecule has 3 nitrogen and oxygen atoms in total. The standard InChI is InChI=1S/C6H12N2O/c1-5(8)2-6(3-7)4-9/h2-3,9H,4,7-8H2,1H3/b5-2-,6-3+. The van der Waals surface area contributed by atoms with Crippen molar-refractivity contribution in [1.82, 2.24) is 0 Å². The molecule has 0 aliphatic heterocycles. The molecule has 0 aromatic carbocycles. The van der Waals surface area contributed by atoms with Gasteiger partial charge < -0.3 is 16.6 Å². The predicted molar refractivity (Wildman–Crippen MR) is 37.3 cm³/mol. The third-order valence-corrected chi connectivity index (χ3v) is 0.810. The molecule has 0 atom stereocenters. The number of hydrogen-bond acceptors (Lipinski definition) is 3. The van der Waals surface area contributed by atoms with Crippen molar-refractivity contribution >= 4 is 0 Å². The van der Waals surface area contributed by atoms with Crippen LogP contribution in [0, 0.1) is 0 Å². The number of aliphatic hydroxyl groups excluding tert-OH is 1. The lowest BCUT2D eigenvalue weighted by molar-refractivity contribution is 0.334. The fourth-order valence-corrected chi connectivity index (χ4v) is 0.439. The highest BCUT2D eigenvalue weighted by molar-refractivity contribution is 5.20. The number of aliphatic hydroxyl groups is 1. The van der Waals surface area contributed by atoms with Crippen LogP contribution in [0.2, 0.25) is 0 Å². The molecule has 0 fully saturated rings. The van der Waals surface area contributed by atoms with E-state index in [-0.39, 0.29) is 6.61 Å². The molecular weight excluding hydrogens is 116 g/mol. The molecule has 0 saturated heterocycles. The lowest BCUT2D eigenvalue weighted by Gasteiger charge is -1.93. The van der Waals surface area contributed by atoms with E-state index < -0.39 is 0 Å². The summed E-state index contributed by atoms with van der Waals surface area (Å²) in [6, 6.07) is 0. The molecule has 3 heteroatoms. The van der Waals surface area contributed by atoms with Crippen molar-refractivity contribution < 1.29 is 5.11 Å². The summed E-state index contributed by atoms with van der Waals surface area (Å²) in [6.45, 7) is 1.67. The van der Waals surface area contributed by atoms with Gasteiger partial charge in [-0.3, -0.25) is 0 Å². The molecule has 0 amide bonds. The number of nitrogens with two attached hydrogens (primary N) is 2. The van der Waals surface area contributed by atoms with E-state index in [4.69, 9.17) is 16.6 Å². The monoisotopic (exact) mass is 128 g/mol. The van der Waals surface area contributed by atoms with Gasteiger partial charge >= 0.3 is 0 Å². The van der Waals surface area contributed by atoms with Crippen LogP contribution >= 0.6 is 0 Å². The van der Waals surface area contributed by atoms with Crippen LogP contribution in [0.15, 0.2) is 23.5 Å². The van der Waals surface area contributed by atoms with E-state index in [2.05, 4.69) is 0 Å². The van der Waals surface area contributed by atoms with Gasteiger partial charge in [-0.05, 0) is 24.8 Å². The molecule has 52 valence electrons. The maximum absolute atomic E-state index is 8.53. The first-order valence-corrected chi connectivity index (χ1v) is 2.66. The molecule has 0 unspecified atom stereocenters. The quantitative estimate of drug-likeness (QED) is 0.446. The zero-order valence-electron chi connectivity index (χ0n) is 5.46. The molecule has 0 rings (SSSR count). The van der Waals surface area contributed by atoms with Gasteiger partial charge in [0, 0.05) is 5.70 Å². The van der Waals surface area contributed by atoms with Crippen LogP contribution in [-0.2, 0) is 0 Å². The lowest BCUT2D eigenvalue weighted by atomic mass is 10.2. The van der Waals surface area contributed by atoms with E-state index in [9.17, 15) is 0 Å². The lowest BCUT2D eigenvalue weighted by Crippen LogP contribution is -1.96. The zero-order chi connectivity index (χ0) is 7.28. The van der Waals surface area contributed by atoms with E-state index in [1.54, 1.807) is 13.0 Å². The Balaban J connectivity index is 4.01. The maximum atomic E-state index is 8.53. The van der Waals surface area contributed by atoms with E-state index in [1.165, 1.54) is 6.20 Å². The SMILES string of the molecule is C/C(N)=C/C(=C\N)CO. The molecule has 0 aliphatic rings. The smallest absolute Gasteiger partial charge is 0.0696 e. The van der Waals surface area contributed by atoms with Crippen molar-refractivity contribution in [1.29, 1.82) is 0 Å². The largest absolute Gasteiger partial charge is 0.404 e. The maximum Gasteiger partial charge on any atom is 0.0696 e. The Morgan fingerprint density at radius 2 is 2.22 bits per heavy atom. The molecule has 0 saturated carbocycles. The third kappa shape index (κ3) is 3.61. The summed E-state index contributed by atoms with van der Waals surface area (Å²) in [7, 11) is 0. The van der Waals surface area contributed by atoms with Gasteiger partial charge in [0.15, 0.2) is 0 Å². The molecule has 0 heterocycles. The van der Waals surface area contributed by atoms with Crippen LogP contribution in [0.5, 0.6) is 0 Å². The molecule has 5 N–H and O–H groups in total. The van der Waals surface area contributed by atoms with E-state index >= 15 is 0 Å². The molecular formula is C6H12N2O. The van der Waals surface area contributed by atoms with Crippen LogP contribution in [0.4, 0.5) is 0 Å². The van der Waals surface area contributed by atoms with E-state index in [0.29, 0.717) is 11.3 Å². The molecule has 0 radical (unpaired) electrons. The predicted octanol–water partition coefficient (Wildman–Crippen LogP) is -0.316. The second-order valence-electron chi connectivity index (χ2n) is 1.79. The molecule has 9 heavy (non-hydrogen) atoms. The highest BCUT2D eigenvalue weighted by Crippen LogP contribution is 1.93. The fourth-order valence-electron chi connectivity index (χ4n) is 0.439. The summed E-state index contributed by atoms with van der Waals surface area (Å²) in [4.78, 5) is 0. The summed E-state index contributed by atoms with van der Waals surface area (Å²) >= 11 is 0. The average Bonchev–Trinajstić information content (AvgIpc) is 1.82. The Bertz CT molecular complexity index is 134. The molecule has 0 aromatic rings.